The van der Waals surface area contributed by atoms with Gasteiger partial charge < -0.3 is 5.32 Å². The summed E-state index contributed by atoms with van der Waals surface area (Å²) in [5.74, 6) is -0.318. The molecule has 21 heavy (non-hydrogen) atoms. The summed E-state index contributed by atoms with van der Waals surface area (Å²) < 4.78 is 12.9. The molecule has 0 aromatic carbocycles. The Kier molecular flexibility index (Phi) is 4.57. The average molecular weight is 306 g/mol. The smallest absolute Gasteiger partial charge is 0.141 e. The van der Waals surface area contributed by atoms with Crippen molar-refractivity contribution >= 4 is 11.3 Å². The van der Waals surface area contributed by atoms with E-state index in [1.54, 1.807) is 17.4 Å². The van der Waals surface area contributed by atoms with Crippen LogP contribution in [0.5, 0.6) is 0 Å². The highest BCUT2D eigenvalue weighted by Crippen LogP contribution is 2.30. The van der Waals surface area contributed by atoms with Crippen LogP contribution in [0.25, 0.3) is 11.4 Å². The maximum atomic E-state index is 12.9. The fourth-order valence-electron chi connectivity index (χ4n) is 2.67. The van der Waals surface area contributed by atoms with Gasteiger partial charge in [0.1, 0.15) is 10.8 Å². The number of thiazole rings is 1. The molecule has 0 saturated carbocycles. The molecule has 4 nitrogen and oxygen atoms in total. The van der Waals surface area contributed by atoms with E-state index in [0.717, 1.165) is 49.0 Å². The molecule has 0 amide bonds. The van der Waals surface area contributed by atoms with Crippen molar-refractivity contribution in [3.05, 3.63) is 34.5 Å². The molecule has 2 aromatic rings. The maximum absolute atomic E-state index is 12.9. The molecule has 1 unspecified atom stereocenters. The number of rotatable bonds is 4. The van der Waals surface area contributed by atoms with Gasteiger partial charge in [0.15, 0.2) is 0 Å². The highest BCUT2D eigenvalue weighted by Gasteiger charge is 2.23. The number of aromatic nitrogens is 2. The molecule has 1 aliphatic rings. The number of piperazine rings is 1. The number of nitrogens with zero attached hydrogens (tertiary/aromatic N) is 3. The zero-order valence-electron chi connectivity index (χ0n) is 12.1. The molecular weight excluding hydrogens is 287 g/mol. The van der Waals surface area contributed by atoms with Crippen LogP contribution in [0.1, 0.15) is 24.4 Å². The first-order valence-corrected chi connectivity index (χ1v) is 8.18. The minimum atomic E-state index is -0.318. The van der Waals surface area contributed by atoms with Crippen molar-refractivity contribution in [2.75, 3.05) is 26.2 Å². The number of halogens is 1. The van der Waals surface area contributed by atoms with Gasteiger partial charge in [-0.1, -0.05) is 6.92 Å². The second kappa shape index (κ2) is 6.60. The van der Waals surface area contributed by atoms with Crippen molar-refractivity contribution in [3.63, 3.8) is 0 Å². The quantitative estimate of drug-likeness (QED) is 0.943. The van der Waals surface area contributed by atoms with Crippen LogP contribution in [0.4, 0.5) is 4.39 Å². The van der Waals surface area contributed by atoms with Crippen LogP contribution >= 0.6 is 11.3 Å². The van der Waals surface area contributed by atoms with Gasteiger partial charge >= 0.3 is 0 Å². The fourth-order valence-corrected chi connectivity index (χ4v) is 3.70. The Morgan fingerprint density at radius 2 is 2.14 bits per heavy atom. The standard InChI is InChI=1S/C15H19FN4S/c1-2-14(20-7-5-17-6-8-20)15-19-13(10-21-15)12-4-3-11(16)9-18-12/h3-4,9-10,14,17H,2,5-8H2,1H3. The first kappa shape index (κ1) is 14.6. The van der Waals surface area contributed by atoms with Crippen LogP contribution in [0.3, 0.4) is 0 Å². The van der Waals surface area contributed by atoms with E-state index in [0.29, 0.717) is 6.04 Å². The third-order valence-electron chi connectivity index (χ3n) is 3.78. The van der Waals surface area contributed by atoms with E-state index in [4.69, 9.17) is 4.98 Å². The second-order valence-electron chi connectivity index (χ2n) is 5.14. The lowest BCUT2D eigenvalue weighted by Crippen LogP contribution is -2.45. The Morgan fingerprint density at radius 3 is 2.81 bits per heavy atom. The molecule has 1 N–H and O–H groups in total. The van der Waals surface area contributed by atoms with Crippen molar-refractivity contribution < 1.29 is 4.39 Å². The topological polar surface area (TPSA) is 41.1 Å². The van der Waals surface area contributed by atoms with Crippen LogP contribution < -0.4 is 5.32 Å². The number of hydrogen-bond acceptors (Lipinski definition) is 5. The molecule has 2 aromatic heterocycles. The predicted molar refractivity (Wildman–Crippen MR) is 82.8 cm³/mol. The normalized spacial score (nSPS) is 17.8. The first-order chi connectivity index (χ1) is 10.3. The lowest BCUT2D eigenvalue weighted by Gasteiger charge is -2.33. The van der Waals surface area contributed by atoms with E-state index in [1.807, 2.05) is 5.38 Å². The van der Waals surface area contributed by atoms with Crippen molar-refractivity contribution in [2.45, 2.75) is 19.4 Å². The SMILES string of the molecule is CCC(c1nc(-c2ccc(F)cn2)cs1)N1CCNCC1. The Morgan fingerprint density at radius 1 is 1.33 bits per heavy atom. The summed E-state index contributed by atoms with van der Waals surface area (Å²) in [5, 5.41) is 6.52. The summed E-state index contributed by atoms with van der Waals surface area (Å²) in [4.78, 5) is 11.3. The van der Waals surface area contributed by atoms with Crippen molar-refractivity contribution in [1.29, 1.82) is 0 Å². The summed E-state index contributed by atoms with van der Waals surface area (Å²) >= 11 is 1.67. The van der Waals surface area contributed by atoms with Crippen molar-refractivity contribution in [3.8, 4) is 11.4 Å². The van der Waals surface area contributed by atoms with Gasteiger partial charge in [-0.05, 0) is 18.6 Å². The molecule has 0 spiro atoms. The molecule has 1 saturated heterocycles. The molecule has 1 atom stereocenters. The molecule has 3 heterocycles. The van der Waals surface area contributed by atoms with Crippen LogP contribution in [-0.2, 0) is 0 Å². The van der Waals surface area contributed by atoms with Gasteiger partial charge in [0.25, 0.3) is 0 Å². The van der Waals surface area contributed by atoms with E-state index in [1.165, 1.54) is 12.3 Å². The Hall–Kier alpha value is -1.37. The van der Waals surface area contributed by atoms with Gasteiger partial charge in [-0.15, -0.1) is 11.3 Å². The molecule has 0 aliphatic carbocycles. The molecule has 1 fully saturated rings. The summed E-state index contributed by atoms with van der Waals surface area (Å²) in [7, 11) is 0. The van der Waals surface area contributed by atoms with Gasteiger partial charge in [-0.3, -0.25) is 9.88 Å². The first-order valence-electron chi connectivity index (χ1n) is 7.30. The Balaban J connectivity index is 1.80. The lowest BCUT2D eigenvalue weighted by molar-refractivity contribution is 0.169. The maximum Gasteiger partial charge on any atom is 0.141 e. The minimum Gasteiger partial charge on any atom is -0.314 e. The van der Waals surface area contributed by atoms with Crippen molar-refractivity contribution in [1.82, 2.24) is 20.2 Å². The predicted octanol–water partition coefficient (Wildman–Crippen LogP) is 2.70. The zero-order valence-corrected chi connectivity index (χ0v) is 12.9. The monoisotopic (exact) mass is 306 g/mol. The van der Waals surface area contributed by atoms with Gasteiger partial charge in [0.05, 0.1) is 23.6 Å². The summed E-state index contributed by atoms with van der Waals surface area (Å²) in [6.45, 7) is 6.39. The summed E-state index contributed by atoms with van der Waals surface area (Å²) in [6, 6.07) is 3.47. The lowest BCUT2D eigenvalue weighted by atomic mass is 10.1. The molecule has 0 bridgehead atoms. The van der Waals surface area contributed by atoms with Gasteiger partial charge in [-0.25, -0.2) is 9.37 Å². The van der Waals surface area contributed by atoms with Gasteiger partial charge in [-0.2, -0.15) is 0 Å². The third-order valence-corrected chi connectivity index (χ3v) is 4.72. The van der Waals surface area contributed by atoms with Gasteiger partial charge in [0, 0.05) is 31.6 Å². The van der Waals surface area contributed by atoms with Crippen molar-refractivity contribution in [2.24, 2.45) is 0 Å². The number of pyridine rings is 1. The second-order valence-corrected chi connectivity index (χ2v) is 6.03. The number of nitrogens with one attached hydrogen (secondary N) is 1. The number of hydrogen-bond donors (Lipinski definition) is 1. The van der Waals surface area contributed by atoms with E-state index in [9.17, 15) is 4.39 Å². The molecular formula is C15H19FN4S. The zero-order chi connectivity index (χ0) is 14.7. The molecule has 3 rings (SSSR count). The fraction of sp³-hybridized carbons (Fsp3) is 0.467. The van der Waals surface area contributed by atoms with E-state index < -0.39 is 0 Å². The van der Waals surface area contributed by atoms with Crippen LogP contribution in [0.2, 0.25) is 0 Å². The highest BCUT2D eigenvalue weighted by atomic mass is 32.1. The summed E-state index contributed by atoms with van der Waals surface area (Å²) in [6.07, 6.45) is 2.28. The molecule has 112 valence electrons. The van der Waals surface area contributed by atoms with Crippen LogP contribution in [0, 0.1) is 5.82 Å². The van der Waals surface area contributed by atoms with Crippen LogP contribution in [-0.4, -0.2) is 41.0 Å². The molecule has 1 aliphatic heterocycles. The Bertz CT molecular complexity index is 578. The molecule has 0 radical (unpaired) electrons. The van der Waals surface area contributed by atoms with E-state index in [-0.39, 0.29) is 5.82 Å². The summed E-state index contributed by atoms with van der Waals surface area (Å²) in [5.41, 5.74) is 1.57. The third kappa shape index (κ3) is 3.28. The van der Waals surface area contributed by atoms with Crippen LogP contribution in [0.15, 0.2) is 23.7 Å². The van der Waals surface area contributed by atoms with E-state index in [2.05, 4.69) is 22.1 Å². The van der Waals surface area contributed by atoms with E-state index >= 15 is 0 Å². The average Bonchev–Trinajstić information content (AvgIpc) is 2.99. The Labute approximate surface area is 128 Å². The highest BCUT2D eigenvalue weighted by molar-refractivity contribution is 7.10. The molecule has 6 heteroatoms. The largest absolute Gasteiger partial charge is 0.314 e. The van der Waals surface area contributed by atoms with Gasteiger partial charge in [0.2, 0.25) is 0 Å². The minimum absolute atomic E-state index is 0.318.